The Bertz CT molecular complexity index is 1010. The molecule has 0 bridgehead atoms. The molecule has 0 radical (unpaired) electrons. The molecule has 4 heterocycles. The summed E-state index contributed by atoms with van der Waals surface area (Å²) in [5.74, 6) is 1.50. The van der Waals surface area contributed by atoms with E-state index in [-0.39, 0.29) is 18.7 Å². The van der Waals surface area contributed by atoms with Gasteiger partial charge in [0.2, 0.25) is 12.7 Å². The summed E-state index contributed by atoms with van der Waals surface area (Å²) in [6.45, 7) is 0.987. The number of hydrogen-bond acceptors (Lipinski definition) is 5. The van der Waals surface area contributed by atoms with Gasteiger partial charge in [-0.3, -0.25) is 4.79 Å². The maximum atomic E-state index is 13.0. The molecule has 2 aliphatic rings. The van der Waals surface area contributed by atoms with Gasteiger partial charge in [-0.15, -0.1) is 22.7 Å². The number of fused-ring (bicyclic) bond motifs is 2. The highest BCUT2D eigenvalue weighted by Crippen LogP contribution is 2.39. The number of carbonyl (C=O) groups excluding carboxylic acids is 1. The predicted octanol–water partition coefficient (Wildman–Crippen LogP) is 4.73. The van der Waals surface area contributed by atoms with Crippen molar-refractivity contribution in [2.75, 3.05) is 13.3 Å². The Hall–Kier alpha value is -2.57. The van der Waals surface area contributed by atoms with E-state index < -0.39 is 0 Å². The van der Waals surface area contributed by atoms with E-state index in [4.69, 9.17) is 9.47 Å². The molecule has 1 aromatic carbocycles. The number of carbonyl (C=O) groups is 1. The van der Waals surface area contributed by atoms with Crippen LogP contribution in [0, 0.1) is 0 Å². The molecule has 2 aromatic heterocycles. The first-order valence-corrected chi connectivity index (χ1v) is 10.5. The smallest absolute Gasteiger partial charge is 0.247 e. The molecule has 0 saturated carbocycles. The van der Waals surface area contributed by atoms with Crippen LogP contribution in [-0.4, -0.2) is 24.1 Å². The monoisotopic (exact) mass is 395 g/mol. The van der Waals surface area contributed by atoms with Gasteiger partial charge in [-0.05, 0) is 58.6 Å². The van der Waals surface area contributed by atoms with Gasteiger partial charge in [0.25, 0.3) is 0 Å². The quantitative estimate of drug-likeness (QED) is 0.602. The zero-order chi connectivity index (χ0) is 18.2. The van der Waals surface area contributed by atoms with Crippen molar-refractivity contribution in [3.8, 4) is 11.5 Å². The van der Waals surface area contributed by atoms with Gasteiger partial charge in [-0.25, -0.2) is 0 Å². The second-order valence-electron chi connectivity index (χ2n) is 6.44. The predicted molar refractivity (Wildman–Crippen MR) is 107 cm³/mol. The molecule has 3 aromatic rings. The molecule has 0 spiro atoms. The van der Waals surface area contributed by atoms with Crippen LogP contribution in [0.1, 0.15) is 26.9 Å². The van der Waals surface area contributed by atoms with Crippen LogP contribution in [-0.2, 0) is 11.2 Å². The standard InChI is InChI=1S/C21H17NO3S2/c23-20(6-4-14-3-5-16-17(12-14)25-13-24-16)22-9-7-18-15(8-11-27-18)21(22)19-2-1-10-26-19/h1-6,8,10-12,21H,7,9,13H2. The Kier molecular flexibility index (Phi) is 4.22. The van der Waals surface area contributed by atoms with E-state index in [1.165, 1.54) is 15.3 Å². The molecule has 1 unspecified atom stereocenters. The number of ether oxygens (including phenoxy) is 2. The summed E-state index contributed by atoms with van der Waals surface area (Å²) < 4.78 is 10.7. The van der Waals surface area contributed by atoms with Crippen molar-refractivity contribution < 1.29 is 14.3 Å². The third kappa shape index (κ3) is 3.05. The van der Waals surface area contributed by atoms with Crippen molar-refractivity contribution in [1.29, 1.82) is 0 Å². The number of hydrogen-bond donors (Lipinski definition) is 0. The highest BCUT2D eigenvalue weighted by Gasteiger charge is 2.32. The van der Waals surface area contributed by atoms with Gasteiger partial charge in [0.1, 0.15) is 0 Å². The van der Waals surface area contributed by atoms with Crippen molar-refractivity contribution in [2.45, 2.75) is 12.5 Å². The van der Waals surface area contributed by atoms with Crippen molar-refractivity contribution in [3.05, 3.63) is 74.1 Å². The molecule has 0 saturated heterocycles. The SMILES string of the molecule is O=C(C=Cc1ccc2c(c1)OCO2)N1CCc2sccc2C1c1cccs1. The van der Waals surface area contributed by atoms with Gasteiger partial charge >= 0.3 is 0 Å². The normalized spacial score (nSPS) is 18.1. The zero-order valence-electron chi connectivity index (χ0n) is 14.5. The molecule has 27 heavy (non-hydrogen) atoms. The first-order chi connectivity index (χ1) is 13.3. The van der Waals surface area contributed by atoms with Crippen LogP contribution < -0.4 is 9.47 Å². The average Bonchev–Trinajstić information content (AvgIpc) is 3.45. The lowest BCUT2D eigenvalue weighted by Gasteiger charge is -2.34. The fraction of sp³-hybridized carbons (Fsp3) is 0.190. The maximum Gasteiger partial charge on any atom is 0.247 e. The number of thiophene rings is 2. The van der Waals surface area contributed by atoms with Gasteiger partial charge in [-0.2, -0.15) is 0 Å². The molecule has 0 fully saturated rings. The molecule has 4 nitrogen and oxygen atoms in total. The minimum absolute atomic E-state index is 0.00824. The molecule has 136 valence electrons. The molecule has 1 amide bonds. The third-order valence-corrected chi connectivity index (χ3v) is 6.80. The van der Waals surface area contributed by atoms with E-state index >= 15 is 0 Å². The van der Waals surface area contributed by atoms with E-state index in [9.17, 15) is 4.79 Å². The lowest BCUT2D eigenvalue weighted by atomic mass is 9.98. The second-order valence-corrected chi connectivity index (χ2v) is 8.42. The molecule has 2 aliphatic heterocycles. The van der Waals surface area contributed by atoms with Crippen LogP contribution in [0.5, 0.6) is 11.5 Å². The highest BCUT2D eigenvalue weighted by molar-refractivity contribution is 7.10. The summed E-state index contributed by atoms with van der Waals surface area (Å²) in [4.78, 5) is 17.6. The lowest BCUT2D eigenvalue weighted by molar-refractivity contribution is -0.127. The molecule has 0 N–H and O–H groups in total. The van der Waals surface area contributed by atoms with Crippen LogP contribution >= 0.6 is 22.7 Å². The number of benzene rings is 1. The van der Waals surface area contributed by atoms with Crippen LogP contribution in [0.25, 0.3) is 6.08 Å². The zero-order valence-corrected chi connectivity index (χ0v) is 16.1. The van der Waals surface area contributed by atoms with Crippen LogP contribution in [0.15, 0.2) is 53.2 Å². The van der Waals surface area contributed by atoms with Crippen LogP contribution in [0.3, 0.4) is 0 Å². The minimum Gasteiger partial charge on any atom is -0.454 e. The third-order valence-electron chi connectivity index (χ3n) is 4.88. The summed E-state index contributed by atoms with van der Waals surface area (Å²) in [6, 6.07) is 12.0. The first-order valence-electron chi connectivity index (χ1n) is 8.77. The summed E-state index contributed by atoms with van der Waals surface area (Å²) in [7, 11) is 0. The molecule has 1 atom stereocenters. The van der Waals surface area contributed by atoms with Crippen LogP contribution in [0.2, 0.25) is 0 Å². The summed E-state index contributed by atoms with van der Waals surface area (Å²) in [5, 5.41) is 4.20. The largest absolute Gasteiger partial charge is 0.454 e. The van der Waals surface area contributed by atoms with Crippen molar-refractivity contribution in [1.82, 2.24) is 4.90 Å². The van der Waals surface area contributed by atoms with E-state index in [0.29, 0.717) is 0 Å². The number of amides is 1. The summed E-state index contributed by atoms with van der Waals surface area (Å²) in [6.07, 6.45) is 4.42. The van der Waals surface area contributed by atoms with Crippen molar-refractivity contribution in [3.63, 3.8) is 0 Å². The Morgan fingerprint density at radius 1 is 1.11 bits per heavy atom. The molecule has 6 heteroatoms. The summed E-state index contributed by atoms with van der Waals surface area (Å²) in [5.41, 5.74) is 2.19. The molecule has 0 aliphatic carbocycles. The topological polar surface area (TPSA) is 38.8 Å². The Morgan fingerprint density at radius 2 is 2.04 bits per heavy atom. The molecular weight excluding hydrogens is 378 g/mol. The Balaban J connectivity index is 1.42. The second kappa shape index (κ2) is 6.87. The van der Waals surface area contributed by atoms with Gasteiger partial charge in [0.15, 0.2) is 11.5 Å². The fourth-order valence-corrected chi connectivity index (χ4v) is 5.35. The molecule has 5 rings (SSSR count). The highest BCUT2D eigenvalue weighted by atomic mass is 32.1. The van der Waals surface area contributed by atoms with Gasteiger partial charge in [0.05, 0.1) is 6.04 Å². The van der Waals surface area contributed by atoms with E-state index in [1.807, 2.05) is 35.2 Å². The first kappa shape index (κ1) is 16.6. The average molecular weight is 396 g/mol. The number of rotatable bonds is 3. The lowest BCUT2D eigenvalue weighted by Crippen LogP contribution is -2.38. The van der Waals surface area contributed by atoms with E-state index in [2.05, 4.69) is 22.9 Å². The Labute approximate surface area is 165 Å². The summed E-state index contributed by atoms with van der Waals surface area (Å²) >= 11 is 3.49. The van der Waals surface area contributed by atoms with Gasteiger partial charge in [-0.1, -0.05) is 12.1 Å². The van der Waals surface area contributed by atoms with E-state index in [0.717, 1.165) is 30.0 Å². The van der Waals surface area contributed by atoms with Gasteiger partial charge in [0, 0.05) is 22.4 Å². The maximum absolute atomic E-state index is 13.0. The van der Waals surface area contributed by atoms with E-state index in [1.54, 1.807) is 28.7 Å². The van der Waals surface area contributed by atoms with Crippen molar-refractivity contribution >= 4 is 34.7 Å². The molecular formula is C21H17NO3S2. The fourth-order valence-electron chi connectivity index (χ4n) is 3.59. The van der Waals surface area contributed by atoms with Crippen LogP contribution in [0.4, 0.5) is 0 Å². The number of nitrogens with zero attached hydrogens (tertiary/aromatic N) is 1. The Morgan fingerprint density at radius 3 is 2.93 bits per heavy atom. The van der Waals surface area contributed by atoms with Crippen molar-refractivity contribution in [2.24, 2.45) is 0 Å². The van der Waals surface area contributed by atoms with Gasteiger partial charge < -0.3 is 14.4 Å². The minimum atomic E-state index is 0.00824.